The quantitative estimate of drug-likeness (QED) is 0.784. The monoisotopic (exact) mass is 437 g/mol. The lowest BCUT2D eigenvalue weighted by Gasteiger charge is -2.34. The van der Waals surface area contributed by atoms with Gasteiger partial charge in [-0.05, 0) is 36.0 Å². The third-order valence-corrected chi connectivity index (χ3v) is 5.31. The fraction of sp³-hybridized carbons (Fsp3) is 0.450. The molecule has 4 rings (SSSR count). The van der Waals surface area contributed by atoms with E-state index >= 15 is 0 Å². The molecule has 11 heteroatoms. The third-order valence-electron chi connectivity index (χ3n) is 5.31. The van der Waals surface area contributed by atoms with E-state index in [0.29, 0.717) is 18.3 Å². The molecule has 0 unspecified atom stereocenters. The van der Waals surface area contributed by atoms with Gasteiger partial charge in [0.05, 0.1) is 6.42 Å². The van der Waals surface area contributed by atoms with Crippen LogP contribution in [-0.4, -0.2) is 69.2 Å². The molecular weight excluding hydrogens is 415 g/mol. The van der Waals surface area contributed by atoms with Crippen molar-refractivity contribution in [3.05, 3.63) is 48.5 Å². The summed E-state index contributed by atoms with van der Waals surface area (Å²) in [7, 11) is 0. The number of likely N-dealkylation sites (tertiary alicyclic amines) is 1. The number of hydrogen-bond donors (Lipinski definition) is 1. The number of carbonyl (C=O) groups is 2. The Morgan fingerprint density at radius 3 is 2.35 bits per heavy atom. The zero-order valence-corrected chi connectivity index (χ0v) is 16.6. The first-order valence-electron chi connectivity index (χ1n) is 9.73. The highest BCUT2D eigenvalue weighted by Gasteiger charge is 2.39. The highest BCUT2D eigenvalue weighted by Crippen LogP contribution is 2.32. The maximum atomic E-state index is 12.6. The van der Waals surface area contributed by atoms with Crippen LogP contribution < -0.4 is 4.90 Å². The smallest absolute Gasteiger partial charge is 0.475 e. The van der Waals surface area contributed by atoms with Crippen LogP contribution in [0, 0.1) is 11.8 Å². The topological polar surface area (TPSA) is 99.5 Å². The molecule has 2 fully saturated rings. The molecule has 4 heterocycles. The fourth-order valence-corrected chi connectivity index (χ4v) is 3.80. The van der Waals surface area contributed by atoms with E-state index in [9.17, 15) is 18.0 Å². The second kappa shape index (κ2) is 9.71. The molecule has 2 saturated heterocycles. The van der Waals surface area contributed by atoms with Gasteiger partial charge >= 0.3 is 12.1 Å². The number of pyridine rings is 1. The summed E-state index contributed by atoms with van der Waals surface area (Å²) in [6.07, 6.45) is 3.53. The number of rotatable bonds is 3. The summed E-state index contributed by atoms with van der Waals surface area (Å²) in [5, 5.41) is 7.12. The summed E-state index contributed by atoms with van der Waals surface area (Å²) in [4.78, 5) is 38.5. The molecule has 0 saturated carbocycles. The van der Waals surface area contributed by atoms with Crippen molar-refractivity contribution in [3.8, 4) is 0 Å². The number of carboxylic acid groups (broad SMARTS) is 1. The molecule has 2 aromatic heterocycles. The second-order valence-electron chi connectivity index (χ2n) is 7.44. The predicted octanol–water partition coefficient (Wildman–Crippen LogP) is 2.03. The van der Waals surface area contributed by atoms with Gasteiger partial charge in [0.2, 0.25) is 11.9 Å². The molecule has 166 valence electrons. The number of amides is 1. The highest BCUT2D eigenvalue weighted by atomic mass is 19.4. The summed E-state index contributed by atoms with van der Waals surface area (Å²) in [6, 6.07) is 5.68. The highest BCUT2D eigenvalue weighted by molar-refractivity contribution is 5.79. The van der Waals surface area contributed by atoms with Crippen LogP contribution in [-0.2, 0) is 16.0 Å². The lowest BCUT2D eigenvalue weighted by molar-refractivity contribution is -0.192. The Morgan fingerprint density at radius 2 is 1.74 bits per heavy atom. The maximum absolute atomic E-state index is 12.6. The van der Waals surface area contributed by atoms with Gasteiger partial charge in [-0.2, -0.15) is 13.2 Å². The van der Waals surface area contributed by atoms with E-state index in [1.54, 1.807) is 24.8 Å². The number of aliphatic carboxylic acids is 1. The van der Waals surface area contributed by atoms with Gasteiger partial charge in [0.25, 0.3) is 0 Å². The number of nitrogens with zero attached hydrogens (tertiary/aromatic N) is 5. The average Bonchev–Trinajstić information content (AvgIpc) is 3.18. The molecule has 1 N–H and O–H groups in total. The van der Waals surface area contributed by atoms with Crippen LogP contribution in [0.2, 0.25) is 0 Å². The normalized spacial score (nSPS) is 20.5. The van der Waals surface area contributed by atoms with Crippen LogP contribution in [0.15, 0.2) is 43.0 Å². The van der Waals surface area contributed by atoms with E-state index in [2.05, 4.69) is 19.9 Å². The predicted molar refractivity (Wildman–Crippen MR) is 104 cm³/mol. The molecule has 1 amide bonds. The van der Waals surface area contributed by atoms with Crippen molar-refractivity contribution in [3.63, 3.8) is 0 Å². The number of carbonyl (C=O) groups excluding carboxylic acids is 1. The lowest BCUT2D eigenvalue weighted by atomic mass is 9.89. The van der Waals surface area contributed by atoms with E-state index in [1.807, 2.05) is 23.1 Å². The van der Waals surface area contributed by atoms with Gasteiger partial charge in [-0.1, -0.05) is 6.07 Å². The molecule has 8 nitrogen and oxygen atoms in total. The number of halogens is 3. The number of hydrogen-bond acceptors (Lipinski definition) is 6. The van der Waals surface area contributed by atoms with Crippen molar-refractivity contribution in [2.24, 2.45) is 11.8 Å². The molecule has 0 spiro atoms. The minimum absolute atomic E-state index is 0.208. The van der Waals surface area contributed by atoms with Crippen LogP contribution in [0.25, 0.3) is 0 Å². The van der Waals surface area contributed by atoms with Gasteiger partial charge in [0.1, 0.15) is 0 Å². The maximum Gasteiger partial charge on any atom is 0.490 e. The van der Waals surface area contributed by atoms with E-state index in [1.165, 1.54) is 0 Å². The molecule has 2 aromatic rings. The van der Waals surface area contributed by atoms with Crippen molar-refractivity contribution in [1.82, 2.24) is 19.9 Å². The number of piperidine rings is 1. The number of alkyl halides is 3. The van der Waals surface area contributed by atoms with Crippen molar-refractivity contribution in [2.75, 3.05) is 31.1 Å². The van der Waals surface area contributed by atoms with E-state index in [0.717, 1.165) is 44.1 Å². The van der Waals surface area contributed by atoms with Gasteiger partial charge in [0.15, 0.2) is 0 Å². The number of aromatic nitrogens is 3. The van der Waals surface area contributed by atoms with E-state index < -0.39 is 12.1 Å². The molecule has 31 heavy (non-hydrogen) atoms. The van der Waals surface area contributed by atoms with Crippen molar-refractivity contribution < 1.29 is 27.9 Å². The lowest BCUT2D eigenvalue weighted by Crippen LogP contribution is -2.40. The molecular formula is C20H22F3N5O3. The van der Waals surface area contributed by atoms with Crippen LogP contribution in [0.3, 0.4) is 0 Å². The van der Waals surface area contributed by atoms with Crippen LogP contribution >= 0.6 is 0 Å². The van der Waals surface area contributed by atoms with E-state index in [-0.39, 0.29) is 5.91 Å². The Hall–Kier alpha value is -3.24. The Bertz CT molecular complexity index is 883. The summed E-state index contributed by atoms with van der Waals surface area (Å²) >= 11 is 0. The van der Waals surface area contributed by atoms with Crippen LogP contribution in [0.4, 0.5) is 19.1 Å². The summed E-state index contributed by atoms with van der Waals surface area (Å²) < 4.78 is 31.7. The Morgan fingerprint density at radius 1 is 1.06 bits per heavy atom. The van der Waals surface area contributed by atoms with Crippen LogP contribution in [0.1, 0.15) is 12.0 Å². The third kappa shape index (κ3) is 6.12. The number of carboxylic acids is 1. The van der Waals surface area contributed by atoms with Gasteiger partial charge in [-0.25, -0.2) is 14.8 Å². The summed E-state index contributed by atoms with van der Waals surface area (Å²) in [5.41, 5.74) is 0.983. The molecule has 2 aliphatic rings. The van der Waals surface area contributed by atoms with Gasteiger partial charge in [-0.15, -0.1) is 0 Å². The zero-order chi connectivity index (χ0) is 22.4. The van der Waals surface area contributed by atoms with Crippen molar-refractivity contribution in [2.45, 2.75) is 19.0 Å². The molecule has 0 radical (unpaired) electrons. The van der Waals surface area contributed by atoms with Gasteiger partial charge < -0.3 is 14.9 Å². The Balaban J connectivity index is 0.000000339. The standard InChI is InChI=1S/C18H21N5O.C2HF3O2/c24-17(9-14-3-1-5-19-10-14)23-11-15-4-8-22(12-16(15)13-23)18-20-6-2-7-21-18;3-2(4,5)1(6)7/h1-3,5-7,10,15-16H,4,8-9,11-13H2;(H,6,7)/t15-,16+;/m0./s1. The molecule has 2 atom stereocenters. The molecule has 0 bridgehead atoms. The fourth-order valence-electron chi connectivity index (χ4n) is 3.80. The minimum Gasteiger partial charge on any atom is -0.475 e. The molecule has 0 aliphatic carbocycles. The summed E-state index contributed by atoms with van der Waals surface area (Å²) in [5.74, 6) is -0.633. The van der Waals surface area contributed by atoms with Gasteiger partial charge in [-0.3, -0.25) is 9.78 Å². The molecule has 2 aliphatic heterocycles. The summed E-state index contributed by atoms with van der Waals surface area (Å²) in [6.45, 7) is 3.63. The Labute approximate surface area is 176 Å². The average molecular weight is 437 g/mol. The first-order valence-corrected chi connectivity index (χ1v) is 9.73. The number of fused-ring (bicyclic) bond motifs is 1. The van der Waals surface area contributed by atoms with Crippen molar-refractivity contribution >= 4 is 17.8 Å². The second-order valence-corrected chi connectivity index (χ2v) is 7.44. The minimum atomic E-state index is -5.08. The Kier molecular flexibility index (Phi) is 7.03. The largest absolute Gasteiger partial charge is 0.490 e. The number of anilines is 1. The van der Waals surface area contributed by atoms with Crippen molar-refractivity contribution in [1.29, 1.82) is 0 Å². The SMILES string of the molecule is O=C(Cc1cccnc1)N1C[C@@H]2CCN(c3ncccn3)C[C@@H]2C1.O=C(O)C(F)(F)F. The first kappa shape index (κ1) is 22.4. The zero-order valence-electron chi connectivity index (χ0n) is 16.6. The van der Waals surface area contributed by atoms with Gasteiger partial charge in [0, 0.05) is 51.0 Å². The molecule has 0 aromatic carbocycles. The van der Waals surface area contributed by atoms with E-state index in [4.69, 9.17) is 9.90 Å². The first-order chi connectivity index (χ1) is 14.7. The van der Waals surface area contributed by atoms with Crippen LogP contribution in [0.5, 0.6) is 0 Å².